The van der Waals surface area contributed by atoms with E-state index in [-0.39, 0.29) is 11.7 Å². The third kappa shape index (κ3) is 2.66. The topological polar surface area (TPSA) is 85.3 Å². The lowest BCUT2D eigenvalue weighted by Gasteiger charge is -2.20. The van der Waals surface area contributed by atoms with Crippen molar-refractivity contribution in [1.29, 1.82) is 0 Å². The van der Waals surface area contributed by atoms with Gasteiger partial charge < -0.3 is 15.5 Å². The Hall–Kier alpha value is -2.08. The van der Waals surface area contributed by atoms with E-state index in [2.05, 4.69) is 12.2 Å². The molecule has 2 amide bonds. The van der Waals surface area contributed by atoms with Crippen molar-refractivity contribution >= 4 is 28.2 Å². The maximum Gasteiger partial charge on any atom is 0.291 e. The zero-order valence-electron chi connectivity index (χ0n) is 12.3. The maximum absolute atomic E-state index is 12.1. The molecule has 3 N–H and O–H groups in total. The zero-order valence-corrected chi connectivity index (χ0v) is 13.2. The fourth-order valence-corrected chi connectivity index (χ4v) is 4.29. The van der Waals surface area contributed by atoms with Crippen molar-refractivity contribution in [3.63, 3.8) is 0 Å². The summed E-state index contributed by atoms with van der Waals surface area (Å²) in [5.41, 5.74) is 7.02. The van der Waals surface area contributed by atoms with Gasteiger partial charge in [0.1, 0.15) is 5.00 Å². The largest absolute Gasteiger partial charge is 0.459 e. The minimum Gasteiger partial charge on any atom is -0.459 e. The predicted octanol–water partition coefficient (Wildman–Crippen LogP) is 3.21. The van der Waals surface area contributed by atoms with Crippen molar-refractivity contribution in [2.24, 2.45) is 11.7 Å². The lowest BCUT2D eigenvalue weighted by Crippen LogP contribution is -2.19. The van der Waals surface area contributed by atoms with Gasteiger partial charge in [0.05, 0.1) is 11.8 Å². The van der Waals surface area contributed by atoms with Gasteiger partial charge in [-0.2, -0.15) is 0 Å². The van der Waals surface area contributed by atoms with Crippen LogP contribution in [0.1, 0.15) is 51.1 Å². The SMILES string of the molecule is CC[C@@H]1CCc2c(sc(NC(=O)c3ccco3)c2C(N)=O)C1. The highest BCUT2D eigenvalue weighted by atomic mass is 32.1. The number of hydrogen-bond donors (Lipinski definition) is 2. The molecule has 0 radical (unpaired) electrons. The molecule has 1 aliphatic carbocycles. The standard InChI is InChI=1S/C16H18N2O3S/c1-2-9-5-6-10-12(8-9)22-16(13(10)14(17)19)18-15(20)11-4-3-7-21-11/h3-4,7,9H,2,5-6,8H2,1H3,(H2,17,19)(H,18,20)/t9-/m1/s1. The Morgan fingerprint density at radius 1 is 1.50 bits per heavy atom. The number of primary amides is 1. The molecule has 0 saturated heterocycles. The smallest absolute Gasteiger partial charge is 0.291 e. The number of furan rings is 1. The van der Waals surface area contributed by atoms with Gasteiger partial charge in [0, 0.05) is 4.88 Å². The number of rotatable bonds is 4. The second-order valence-corrected chi connectivity index (χ2v) is 6.63. The van der Waals surface area contributed by atoms with Gasteiger partial charge >= 0.3 is 0 Å². The molecule has 6 heteroatoms. The van der Waals surface area contributed by atoms with Gasteiger partial charge in [0.2, 0.25) is 0 Å². The monoisotopic (exact) mass is 318 g/mol. The Balaban J connectivity index is 1.92. The van der Waals surface area contributed by atoms with Gasteiger partial charge in [-0.05, 0) is 42.9 Å². The summed E-state index contributed by atoms with van der Waals surface area (Å²) in [5, 5.41) is 3.31. The fraction of sp³-hybridized carbons (Fsp3) is 0.375. The van der Waals surface area contributed by atoms with E-state index >= 15 is 0 Å². The first-order valence-electron chi connectivity index (χ1n) is 7.39. The van der Waals surface area contributed by atoms with E-state index in [1.54, 1.807) is 12.1 Å². The van der Waals surface area contributed by atoms with Crippen LogP contribution in [0.25, 0.3) is 0 Å². The van der Waals surface area contributed by atoms with Crippen molar-refractivity contribution in [2.75, 3.05) is 5.32 Å². The Kier molecular flexibility index (Phi) is 4.02. The molecular formula is C16H18N2O3S. The van der Waals surface area contributed by atoms with E-state index in [4.69, 9.17) is 10.2 Å². The molecule has 0 spiro atoms. The van der Waals surface area contributed by atoms with Crippen LogP contribution in [0, 0.1) is 5.92 Å². The van der Waals surface area contributed by atoms with E-state index in [1.165, 1.54) is 22.5 Å². The Morgan fingerprint density at radius 2 is 2.32 bits per heavy atom. The van der Waals surface area contributed by atoms with Crippen LogP contribution in [0.4, 0.5) is 5.00 Å². The van der Waals surface area contributed by atoms with Crippen LogP contribution in [0.2, 0.25) is 0 Å². The molecule has 0 aliphatic heterocycles. The number of carbonyl (C=O) groups is 2. The molecule has 0 saturated carbocycles. The number of amides is 2. The summed E-state index contributed by atoms with van der Waals surface area (Å²) in [6, 6.07) is 3.23. The molecule has 2 aromatic heterocycles. The second-order valence-electron chi connectivity index (χ2n) is 5.52. The molecule has 2 aromatic rings. The van der Waals surface area contributed by atoms with Crippen LogP contribution in [-0.4, -0.2) is 11.8 Å². The average molecular weight is 318 g/mol. The highest BCUT2D eigenvalue weighted by Crippen LogP contribution is 2.40. The predicted molar refractivity (Wildman–Crippen MR) is 85.3 cm³/mol. The zero-order chi connectivity index (χ0) is 15.7. The molecular weight excluding hydrogens is 300 g/mol. The van der Waals surface area contributed by atoms with Crippen molar-refractivity contribution < 1.29 is 14.0 Å². The van der Waals surface area contributed by atoms with E-state index in [0.717, 1.165) is 31.2 Å². The van der Waals surface area contributed by atoms with Crippen molar-refractivity contribution in [3.8, 4) is 0 Å². The van der Waals surface area contributed by atoms with Gasteiger partial charge in [0.15, 0.2) is 5.76 Å². The minimum atomic E-state index is -0.484. The van der Waals surface area contributed by atoms with E-state index in [1.807, 2.05) is 0 Å². The van der Waals surface area contributed by atoms with Gasteiger partial charge in [-0.1, -0.05) is 13.3 Å². The molecule has 1 atom stereocenters. The minimum absolute atomic E-state index is 0.216. The van der Waals surface area contributed by atoms with Gasteiger partial charge in [-0.15, -0.1) is 11.3 Å². The molecule has 116 valence electrons. The number of carbonyl (C=O) groups excluding carboxylic acids is 2. The quantitative estimate of drug-likeness (QED) is 0.907. The average Bonchev–Trinajstić information content (AvgIpc) is 3.13. The van der Waals surface area contributed by atoms with E-state index in [9.17, 15) is 9.59 Å². The molecule has 0 unspecified atom stereocenters. The van der Waals surface area contributed by atoms with Crippen molar-refractivity contribution in [2.45, 2.75) is 32.6 Å². The Labute approximate surface area is 132 Å². The Morgan fingerprint density at radius 3 is 2.95 bits per heavy atom. The van der Waals surface area contributed by atoms with Crippen molar-refractivity contribution in [3.05, 3.63) is 40.2 Å². The van der Waals surface area contributed by atoms with Gasteiger partial charge in [-0.3, -0.25) is 9.59 Å². The summed E-state index contributed by atoms with van der Waals surface area (Å²) >= 11 is 1.46. The lowest BCUT2D eigenvalue weighted by molar-refractivity contribution is 0.0997. The third-order valence-electron chi connectivity index (χ3n) is 4.16. The number of nitrogens with one attached hydrogen (secondary N) is 1. The molecule has 0 fully saturated rings. The van der Waals surface area contributed by atoms with Crippen molar-refractivity contribution in [1.82, 2.24) is 0 Å². The number of hydrogen-bond acceptors (Lipinski definition) is 4. The molecule has 2 heterocycles. The first-order chi connectivity index (χ1) is 10.6. The van der Waals surface area contributed by atoms with Gasteiger partial charge in [0.25, 0.3) is 11.8 Å². The van der Waals surface area contributed by atoms with Gasteiger partial charge in [-0.25, -0.2) is 0 Å². The fourth-order valence-electron chi connectivity index (χ4n) is 2.92. The molecule has 3 rings (SSSR count). The number of thiophene rings is 1. The van der Waals surface area contributed by atoms with E-state index in [0.29, 0.717) is 16.5 Å². The highest BCUT2D eigenvalue weighted by Gasteiger charge is 2.28. The molecule has 5 nitrogen and oxygen atoms in total. The van der Waals surface area contributed by atoms with Crippen LogP contribution >= 0.6 is 11.3 Å². The molecule has 0 aromatic carbocycles. The second kappa shape index (κ2) is 5.96. The van der Waals surface area contributed by atoms with Crippen LogP contribution in [0.5, 0.6) is 0 Å². The van der Waals surface area contributed by atoms with E-state index < -0.39 is 5.91 Å². The van der Waals surface area contributed by atoms with Crippen LogP contribution in [0.15, 0.2) is 22.8 Å². The lowest BCUT2D eigenvalue weighted by atomic mass is 9.85. The highest BCUT2D eigenvalue weighted by molar-refractivity contribution is 7.17. The summed E-state index contributed by atoms with van der Waals surface area (Å²) in [7, 11) is 0. The van der Waals surface area contributed by atoms with Crippen LogP contribution < -0.4 is 11.1 Å². The normalized spacial score (nSPS) is 17.0. The maximum atomic E-state index is 12.1. The summed E-state index contributed by atoms with van der Waals surface area (Å²) in [4.78, 5) is 25.1. The first-order valence-corrected chi connectivity index (χ1v) is 8.21. The first kappa shape index (κ1) is 14.8. The van der Waals surface area contributed by atoms with Crippen LogP contribution in [-0.2, 0) is 12.8 Å². The van der Waals surface area contributed by atoms with Crippen LogP contribution in [0.3, 0.4) is 0 Å². The number of anilines is 1. The molecule has 22 heavy (non-hydrogen) atoms. The summed E-state index contributed by atoms with van der Waals surface area (Å²) in [6.45, 7) is 2.18. The third-order valence-corrected chi connectivity index (χ3v) is 5.33. The summed E-state index contributed by atoms with van der Waals surface area (Å²) < 4.78 is 5.08. The summed E-state index contributed by atoms with van der Waals surface area (Å²) in [5.74, 6) is 0.00839. The Bertz CT molecular complexity index is 703. The number of nitrogens with two attached hydrogens (primary N) is 1. The summed E-state index contributed by atoms with van der Waals surface area (Å²) in [6.07, 6.45) is 5.42. The molecule has 0 bridgehead atoms. The molecule has 1 aliphatic rings. The number of fused-ring (bicyclic) bond motifs is 1.